The highest BCUT2D eigenvalue weighted by atomic mass is 79.9. The van der Waals surface area contributed by atoms with E-state index < -0.39 is 0 Å². The van der Waals surface area contributed by atoms with Gasteiger partial charge in [-0.05, 0) is 32.9 Å². The zero-order chi connectivity index (χ0) is 14.0. The lowest BCUT2D eigenvalue weighted by atomic mass is 9.93. The van der Waals surface area contributed by atoms with Crippen molar-refractivity contribution in [3.63, 3.8) is 0 Å². The van der Waals surface area contributed by atoms with Crippen molar-refractivity contribution in [2.45, 2.75) is 52.0 Å². The number of nitrogens with one attached hydrogen (secondary N) is 1. The molecule has 0 aliphatic rings. The standard InChI is InChI=1S/C14H29BrN2O/c1-5-12(6-2)13(17(3)4)11-16-14(18)9-7-8-10-15/h12-13H,5-11H2,1-4H3,(H,16,18). The summed E-state index contributed by atoms with van der Waals surface area (Å²) in [5.41, 5.74) is 0. The van der Waals surface area contributed by atoms with E-state index in [4.69, 9.17) is 0 Å². The number of hydrogen-bond acceptors (Lipinski definition) is 2. The third kappa shape index (κ3) is 7.37. The number of rotatable bonds is 10. The van der Waals surface area contributed by atoms with E-state index in [1.54, 1.807) is 0 Å². The quantitative estimate of drug-likeness (QED) is 0.495. The Bertz CT molecular complexity index is 218. The van der Waals surface area contributed by atoms with Crippen LogP contribution in [0.25, 0.3) is 0 Å². The van der Waals surface area contributed by atoms with E-state index in [0.29, 0.717) is 18.4 Å². The summed E-state index contributed by atoms with van der Waals surface area (Å²) in [4.78, 5) is 13.9. The highest BCUT2D eigenvalue weighted by Crippen LogP contribution is 2.16. The summed E-state index contributed by atoms with van der Waals surface area (Å²) < 4.78 is 0. The molecule has 0 fully saturated rings. The minimum atomic E-state index is 0.189. The first-order chi connectivity index (χ1) is 8.56. The van der Waals surface area contributed by atoms with Gasteiger partial charge in [0.05, 0.1) is 0 Å². The van der Waals surface area contributed by atoms with Crippen LogP contribution in [-0.4, -0.2) is 42.8 Å². The van der Waals surface area contributed by atoms with Gasteiger partial charge in [0.2, 0.25) is 5.91 Å². The third-order valence-corrected chi connectivity index (χ3v) is 4.11. The first-order valence-electron chi connectivity index (χ1n) is 7.05. The van der Waals surface area contributed by atoms with Gasteiger partial charge in [0, 0.05) is 24.3 Å². The lowest BCUT2D eigenvalue weighted by Gasteiger charge is -2.31. The molecule has 0 rings (SSSR count). The number of carbonyl (C=O) groups excluding carboxylic acids is 1. The molecule has 1 unspecified atom stereocenters. The van der Waals surface area contributed by atoms with Crippen molar-refractivity contribution < 1.29 is 4.79 Å². The van der Waals surface area contributed by atoms with Gasteiger partial charge in [0.1, 0.15) is 0 Å². The summed E-state index contributed by atoms with van der Waals surface area (Å²) in [7, 11) is 4.19. The van der Waals surface area contributed by atoms with Gasteiger partial charge in [-0.25, -0.2) is 0 Å². The summed E-state index contributed by atoms with van der Waals surface area (Å²) in [6.45, 7) is 5.22. The van der Waals surface area contributed by atoms with Crippen molar-refractivity contribution >= 4 is 21.8 Å². The van der Waals surface area contributed by atoms with E-state index in [1.165, 1.54) is 12.8 Å². The zero-order valence-electron chi connectivity index (χ0n) is 12.3. The normalized spacial score (nSPS) is 13.1. The molecule has 4 heteroatoms. The summed E-state index contributed by atoms with van der Waals surface area (Å²) in [5, 5.41) is 4.06. The predicted octanol–water partition coefficient (Wildman–Crippen LogP) is 3.03. The Morgan fingerprint density at radius 2 is 1.83 bits per heavy atom. The third-order valence-electron chi connectivity index (χ3n) is 3.55. The number of likely N-dealkylation sites (N-methyl/N-ethyl adjacent to an activating group) is 1. The molecule has 3 nitrogen and oxygen atoms in total. The Morgan fingerprint density at radius 1 is 1.22 bits per heavy atom. The second kappa shape index (κ2) is 10.8. The van der Waals surface area contributed by atoms with Crippen LogP contribution in [0.2, 0.25) is 0 Å². The fourth-order valence-corrected chi connectivity index (χ4v) is 2.69. The molecule has 1 atom stereocenters. The number of hydrogen-bond donors (Lipinski definition) is 1. The number of carbonyl (C=O) groups is 1. The van der Waals surface area contributed by atoms with Gasteiger partial charge < -0.3 is 10.2 Å². The molecule has 0 aromatic heterocycles. The number of amides is 1. The van der Waals surface area contributed by atoms with Crippen LogP contribution in [-0.2, 0) is 4.79 Å². The van der Waals surface area contributed by atoms with E-state index in [-0.39, 0.29) is 5.91 Å². The van der Waals surface area contributed by atoms with Gasteiger partial charge in [-0.3, -0.25) is 4.79 Å². The van der Waals surface area contributed by atoms with Gasteiger partial charge >= 0.3 is 0 Å². The number of unbranched alkanes of at least 4 members (excludes halogenated alkanes) is 1. The summed E-state index contributed by atoms with van der Waals surface area (Å²) in [6, 6.07) is 0.445. The average molecular weight is 321 g/mol. The largest absolute Gasteiger partial charge is 0.355 e. The van der Waals surface area contributed by atoms with Crippen molar-refractivity contribution in [1.29, 1.82) is 0 Å². The molecular weight excluding hydrogens is 292 g/mol. The van der Waals surface area contributed by atoms with Crippen molar-refractivity contribution in [1.82, 2.24) is 10.2 Å². The number of alkyl halides is 1. The average Bonchev–Trinajstić information content (AvgIpc) is 2.34. The van der Waals surface area contributed by atoms with Gasteiger partial charge in [-0.1, -0.05) is 42.6 Å². The Hall–Kier alpha value is -0.0900. The van der Waals surface area contributed by atoms with Crippen molar-refractivity contribution in [3.8, 4) is 0 Å². The number of halogens is 1. The maximum absolute atomic E-state index is 11.7. The van der Waals surface area contributed by atoms with E-state index in [1.807, 2.05) is 0 Å². The molecule has 0 spiro atoms. The van der Waals surface area contributed by atoms with Crippen LogP contribution < -0.4 is 5.32 Å². The SMILES string of the molecule is CCC(CC)C(CNC(=O)CCCCBr)N(C)C. The van der Waals surface area contributed by atoms with Gasteiger partial charge in [-0.15, -0.1) is 0 Å². The molecule has 0 saturated carbocycles. The lowest BCUT2D eigenvalue weighted by Crippen LogP contribution is -2.44. The van der Waals surface area contributed by atoms with Gasteiger partial charge in [-0.2, -0.15) is 0 Å². The maximum atomic E-state index is 11.7. The summed E-state index contributed by atoms with van der Waals surface area (Å²) in [6.07, 6.45) is 5.01. The van der Waals surface area contributed by atoms with Crippen LogP contribution in [0.4, 0.5) is 0 Å². The minimum Gasteiger partial charge on any atom is -0.355 e. The van der Waals surface area contributed by atoms with E-state index in [0.717, 1.165) is 24.7 Å². The Labute approximate surface area is 121 Å². The first-order valence-corrected chi connectivity index (χ1v) is 8.17. The monoisotopic (exact) mass is 320 g/mol. The molecule has 18 heavy (non-hydrogen) atoms. The Kier molecular flexibility index (Phi) is 10.7. The molecule has 0 aromatic rings. The van der Waals surface area contributed by atoms with Crippen molar-refractivity contribution in [2.24, 2.45) is 5.92 Å². The smallest absolute Gasteiger partial charge is 0.220 e. The fourth-order valence-electron chi connectivity index (χ4n) is 2.29. The van der Waals surface area contributed by atoms with Crippen LogP contribution in [0.3, 0.4) is 0 Å². The van der Waals surface area contributed by atoms with Crippen molar-refractivity contribution in [2.75, 3.05) is 26.0 Å². The van der Waals surface area contributed by atoms with Gasteiger partial charge in [0.15, 0.2) is 0 Å². The zero-order valence-corrected chi connectivity index (χ0v) is 13.9. The van der Waals surface area contributed by atoms with E-state index in [2.05, 4.69) is 54.1 Å². The highest BCUT2D eigenvalue weighted by Gasteiger charge is 2.20. The molecule has 0 radical (unpaired) electrons. The summed E-state index contributed by atoms with van der Waals surface area (Å²) >= 11 is 3.38. The molecule has 0 saturated heterocycles. The minimum absolute atomic E-state index is 0.189. The molecule has 1 N–H and O–H groups in total. The first kappa shape index (κ1) is 17.9. The van der Waals surface area contributed by atoms with Crippen LogP contribution in [0.15, 0.2) is 0 Å². The Balaban J connectivity index is 4.07. The fraction of sp³-hybridized carbons (Fsp3) is 0.929. The highest BCUT2D eigenvalue weighted by molar-refractivity contribution is 9.09. The molecule has 0 aliphatic heterocycles. The predicted molar refractivity (Wildman–Crippen MR) is 82.2 cm³/mol. The number of nitrogens with zero attached hydrogens (tertiary/aromatic N) is 1. The maximum Gasteiger partial charge on any atom is 0.220 e. The van der Waals surface area contributed by atoms with E-state index in [9.17, 15) is 4.79 Å². The second-order valence-corrected chi connectivity index (χ2v) is 5.85. The van der Waals surface area contributed by atoms with E-state index >= 15 is 0 Å². The topological polar surface area (TPSA) is 32.3 Å². The Morgan fingerprint density at radius 3 is 2.28 bits per heavy atom. The molecule has 0 aliphatic carbocycles. The molecule has 1 amide bonds. The van der Waals surface area contributed by atoms with Gasteiger partial charge in [0.25, 0.3) is 0 Å². The van der Waals surface area contributed by atoms with Crippen LogP contribution in [0.5, 0.6) is 0 Å². The molecular formula is C14H29BrN2O. The molecule has 0 aromatic carbocycles. The molecule has 0 heterocycles. The second-order valence-electron chi connectivity index (χ2n) is 5.06. The van der Waals surface area contributed by atoms with Crippen LogP contribution in [0.1, 0.15) is 46.0 Å². The lowest BCUT2D eigenvalue weighted by molar-refractivity contribution is -0.121. The van der Waals surface area contributed by atoms with Crippen LogP contribution >= 0.6 is 15.9 Å². The molecule has 0 bridgehead atoms. The molecule has 108 valence electrons. The van der Waals surface area contributed by atoms with Crippen LogP contribution in [0, 0.1) is 5.92 Å². The summed E-state index contributed by atoms with van der Waals surface area (Å²) in [5.74, 6) is 0.844. The van der Waals surface area contributed by atoms with Crippen molar-refractivity contribution in [3.05, 3.63) is 0 Å².